The first-order chi connectivity index (χ1) is 8.99. The summed E-state index contributed by atoms with van der Waals surface area (Å²) >= 11 is 0. The highest BCUT2D eigenvalue weighted by atomic mass is 16.4. The molecule has 1 atom stereocenters. The minimum Gasteiger partial charge on any atom is -0.476 e. The Morgan fingerprint density at radius 1 is 1.42 bits per heavy atom. The number of carboxylic acid groups (broad SMARTS) is 1. The fourth-order valence-corrected chi connectivity index (χ4v) is 1.67. The Kier molecular flexibility index (Phi) is 5.47. The lowest BCUT2D eigenvalue weighted by Crippen LogP contribution is -2.35. The number of nitrogens with zero attached hydrogens (tertiary/aromatic N) is 3. The van der Waals surface area contributed by atoms with Crippen LogP contribution in [-0.2, 0) is 17.8 Å². The molecule has 0 aliphatic carbocycles. The molecule has 0 fully saturated rings. The third-order valence-electron chi connectivity index (χ3n) is 2.84. The van der Waals surface area contributed by atoms with Crippen molar-refractivity contribution in [2.45, 2.75) is 52.6 Å². The summed E-state index contributed by atoms with van der Waals surface area (Å²) in [4.78, 5) is 22.8. The zero-order valence-electron chi connectivity index (χ0n) is 11.5. The predicted octanol–water partition coefficient (Wildman–Crippen LogP) is 0.843. The van der Waals surface area contributed by atoms with Crippen LogP contribution in [0.15, 0.2) is 0 Å². The van der Waals surface area contributed by atoms with E-state index < -0.39 is 5.97 Å². The van der Waals surface area contributed by atoms with Gasteiger partial charge in [0.25, 0.3) is 0 Å². The number of carbonyl (C=O) groups is 2. The first-order valence-corrected chi connectivity index (χ1v) is 6.44. The molecule has 0 spiro atoms. The molecule has 1 amide bonds. The fourth-order valence-electron chi connectivity index (χ4n) is 1.67. The van der Waals surface area contributed by atoms with Gasteiger partial charge in [-0.1, -0.05) is 25.5 Å². The zero-order valence-corrected chi connectivity index (χ0v) is 11.5. The average molecular weight is 268 g/mol. The maximum Gasteiger partial charge on any atom is 0.358 e. The van der Waals surface area contributed by atoms with Gasteiger partial charge in [-0.05, 0) is 19.8 Å². The van der Waals surface area contributed by atoms with E-state index in [9.17, 15) is 9.59 Å². The van der Waals surface area contributed by atoms with Crippen molar-refractivity contribution in [3.05, 3.63) is 11.4 Å². The molecule has 2 N–H and O–H groups in total. The second kappa shape index (κ2) is 6.86. The summed E-state index contributed by atoms with van der Waals surface area (Å²) in [7, 11) is 0. The maximum atomic E-state index is 11.8. The molecule has 0 aliphatic heterocycles. The number of aromatic nitrogens is 3. The van der Waals surface area contributed by atoms with Gasteiger partial charge in [0.05, 0.1) is 5.69 Å². The molecule has 1 heterocycles. The second-order valence-electron chi connectivity index (χ2n) is 4.47. The van der Waals surface area contributed by atoms with E-state index in [1.807, 2.05) is 20.8 Å². The molecular formula is C12H20N4O3. The number of nitrogens with one attached hydrogen (secondary N) is 1. The summed E-state index contributed by atoms with van der Waals surface area (Å²) < 4.78 is 1.37. The van der Waals surface area contributed by atoms with Gasteiger partial charge in [-0.3, -0.25) is 4.79 Å². The molecule has 7 heteroatoms. The van der Waals surface area contributed by atoms with E-state index in [2.05, 4.69) is 15.6 Å². The quantitative estimate of drug-likeness (QED) is 0.764. The van der Waals surface area contributed by atoms with Gasteiger partial charge in [0.2, 0.25) is 5.91 Å². The molecular weight excluding hydrogens is 248 g/mol. The Bertz CT molecular complexity index is 456. The van der Waals surface area contributed by atoms with Gasteiger partial charge in [-0.2, -0.15) is 0 Å². The number of carboxylic acids is 1. The number of hydrogen-bond acceptors (Lipinski definition) is 4. The smallest absolute Gasteiger partial charge is 0.358 e. The number of carbonyl (C=O) groups excluding carboxylic acids is 1. The van der Waals surface area contributed by atoms with Gasteiger partial charge in [0.15, 0.2) is 5.69 Å². The van der Waals surface area contributed by atoms with Crippen LogP contribution in [0.2, 0.25) is 0 Å². The topological polar surface area (TPSA) is 97.1 Å². The van der Waals surface area contributed by atoms with E-state index in [0.717, 1.165) is 12.8 Å². The van der Waals surface area contributed by atoms with Crippen LogP contribution >= 0.6 is 0 Å². The maximum absolute atomic E-state index is 11.8. The Morgan fingerprint density at radius 2 is 2.11 bits per heavy atom. The molecule has 0 bridgehead atoms. The minimum atomic E-state index is -1.11. The first kappa shape index (κ1) is 15.1. The van der Waals surface area contributed by atoms with Crippen LogP contribution in [0.5, 0.6) is 0 Å². The van der Waals surface area contributed by atoms with Crippen LogP contribution < -0.4 is 5.32 Å². The molecule has 106 valence electrons. The Balaban J connectivity index is 2.83. The number of hydrogen-bond donors (Lipinski definition) is 2. The molecule has 1 rings (SSSR count). The lowest BCUT2D eigenvalue weighted by molar-refractivity contribution is -0.122. The van der Waals surface area contributed by atoms with Gasteiger partial charge in [0.1, 0.15) is 6.54 Å². The van der Waals surface area contributed by atoms with E-state index in [1.165, 1.54) is 4.68 Å². The van der Waals surface area contributed by atoms with Crippen molar-refractivity contribution in [1.82, 2.24) is 20.3 Å². The van der Waals surface area contributed by atoms with Gasteiger partial charge >= 0.3 is 5.97 Å². The summed E-state index contributed by atoms with van der Waals surface area (Å²) in [5.41, 5.74) is 0.424. The highest BCUT2D eigenvalue weighted by molar-refractivity contribution is 5.86. The lowest BCUT2D eigenvalue weighted by Gasteiger charge is -2.12. The van der Waals surface area contributed by atoms with E-state index in [-0.39, 0.29) is 24.2 Å². The largest absolute Gasteiger partial charge is 0.476 e. The van der Waals surface area contributed by atoms with Crippen molar-refractivity contribution in [3.63, 3.8) is 0 Å². The van der Waals surface area contributed by atoms with Crippen molar-refractivity contribution in [2.75, 3.05) is 0 Å². The Labute approximate surface area is 112 Å². The molecule has 7 nitrogen and oxygen atoms in total. The summed E-state index contributed by atoms with van der Waals surface area (Å²) in [6.45, 7) is 5.82. The summed E-state index contributed by atoms with van der Waals surface area (Å²) in [6, 6.07) is 0.0876. The molecule has 0 saturated heterocycles. The zero-order chi connectivity index (χ0) is 14.4. The Hall–Kier alpha value is -1.92. The van der Waals surface area contributed by atoms with Crippen molar-refractivity contribution >= 4 is 11.9 Å². The van der Waals surface area contributed by atoms with Gasteiger partial charge in [0, 0.05) is 6.04 Å². The van der Waals surface area contributed by atoms with Crippen molar-refractivity contribution in [1.29, 1.82) is 0 Å². The summed E-state index contributed by atoms with van der Waals surface area (Å²) in [5, 5.41) is 19.2. The number of amides is 1. The van der Waals surface area contributed by atoms with Crippen molar-refractivity contribution in [3.8, 4) is 0 Å². The van der Waals surface area contributed by atoms with Crippen LogP contribution in [0.3, 0.4) is 0 Å². The minimum absolute atomic E-state index is 0.0000463. The van der Waals surface area contributed by atoms with Gasteiger partial charge < -0.3 is 10.4 Å². The number of rotatable bonds is 7. The third-order valence-corrected chi connectivity index (χ3v) is 2.84. The second-order valence-corrected chi connectivity index (χ2v) is 4.47. The van der Waals surface area contributed by atoms with Crippen LogP contribution in [0.1, 0.15) is 49.8 Å². The highest BCUT2D eigenvalue weighted by Gasteiger charge is 2.19. The van der Waals surface area contributed by atoms with Crippen molar-refractivity contribution < 1.29 is 14.7 Å². The SMILES string of the molecule is CCCc1c(C(=O)O)nnn1CC(=O)NC(C)CC. The predicted molar refractivity (Wildman–Crippen MR) is 68.9 cm³/mol. The molecule has 1 aromatic rings. The van der Waals surface area contributed by atoms with Crippen molar-refractivity contribution in [2.24, 2.45) is 0 Å². The molecule has 1 aromatic heterocycles. The standard InChI is InChI=1S/C12H20N4O3/c1-4-6-9-11(12(18)19)14-15-16(9)7-10(17)13-8(3)5-2/h8H,4-7H2,1-3H3,(H,13,17)(H,18,19). The normalized spacial score (nSPS) is 12.2. The molecule has 0 saturated carbocycles. The fraction of sp³-hybridized carbons (Fsp3) is 0.667. The number of aromatic carboxylic acids is 1. The third kappa shape index (κ3) is 4.04. The molecule has 1 unspecified atom stereocenters. The summed E-state index contributed by atoms with van der Waals surface area (Å²) in [5.74, 6) is -1.30. The Morgan fingerprint density at radius 3 is 2.63 bits per heavy atom. The lowest BCUT2D eigenvalue weighted by atomic mass is 10.2. The first-order valence-electron chi connectivity index (χ1n) is 6.44. The van der Waals surface area contributed by atoms with E-state index >= 15 is 0 Å². The van der Waals surface area contributed by atoms with Crippen LogP contribution in [0.25, 0.3) is 0 Å². The van der Waals surface area contributed by atoms with E-state index in [4.69, 9.17) is 5.11 Å². The molecule has 0 aliphatic rings. The molecule has 0 aromatic carbocycles. The average Bonchev–Trinajstić information content (AvgIpc) is 2.72. The van der Waals surface area contributed by atoms with E-state index in [0.29, 0.717) is 12.1 Å². The molecule has 19 heavy (non-hydrogen) atoms. The molecule has 0 radical (unpaired) electrons. The monoisotopic (exact) mass is 268 g/mol. The van der Waals surface area contributed by atoms with Gasteiger partial charge in [-0.15, -0.1) is 5.10 Å². The van der Waals surface area contributed by atoms with Gasteiger partial charge in [-0.25, -0.2) is 9.48 Å². The van der Waals surface area contributed by atoms with Crippen LogP contribution in [0.4, 0.5) is 0 Å². The van der Waals surface area contributed by atoms with E-state index in [1.54, 1.807) is 0 Å². The highest BCUT2D eigenvalue weighted by Crippen LogP contribution is 2.08. The van der Waals surface area contributed by atoms with Crippen LogP contribution in [-0.4, -0.2) is 38.0 Å². The van der Waals surface area contributed by atoms with Crippen LogP contribution in [0, 0.1) is 0 Å². The summed E-state index contributed by atoms with van der Waals surface area (Å²) in [6.07, 6.45) is 2.14.